The van der Waals surface area contributed by atoms with Crippen molar-refractivity contribution in [1.29, 1.82) is 0 Å². The zero-order chi connectivity index (χ0) is 25.4. The van der Waals surface area contributed by atoms with E-state index in [-0.39, 0.29) is 36.1 Å². The first kappa shape index (κ1) is 26.5. The van der Waals surface area contributed by atoms with Gasteiger partial charge in [-0.2, -0.15) is 28.1 Å². The van der Waals surface area contributed by atoms with Crippen LogP contribution in [-0.2, 0) is 24.0 Å². The summed E-state index contributed by atoms with van der Waals surface area (Å²) in [6.45, 7) is 3.50. The van der Waals surface area contributed by atoms with Crippen molar-refractivity contribution in [3.8, 4) is 12.0 Å². The molecule has 0 bridgehead atoms. The Hall–Kier alpha value is -3.12. The summed E-state index contributed by atoms with van der Waals surface area (Å²) >= 11 is 0. The predicted octanol–water partition coefficient (Wildman–Crippen LogP) is 3.88. The molecule has 1 aromatic carbocycles. The predicted molar refractivity (Wildman–Crippen MR) is 125 cm³/mol. The molecule has 3 aromatic rings. The molecule has 0 radical (unpaired) electrons. The zero-order valence-corrected chi connectivity index (χ0v) is 19.9. The molecule has 9 nitrogen and oxygen atoms in total. The van der Waals surface area contributed by atoms with Crippen LogP contribution in [0.3, 0.4) is 0 Å². The minimum Gasteiger partial charge on any atom is -0.480 e. The summed E-state index contributed by atoms with van der Waals surface area (Å²) in [6, 6.07) is 3.36. The number of anilines is 1. The van der Waals surface area contributed by atoms with E-state index in [9.17, 15) is 18.3 Å². The van der Waals surface area contributed by atoms with Gasteiger partial charge >= 0.3 is 12.2 Å². The number of rotatable bonds is 13. The number of imidazole rings is 1. The van der Waals surface area contributed by atoms with Crippen LogP contribution < -0.4 is 15.8 Å². The van der Waals surface area contributed by atoms with E-state index < -0.39 is 17.8 Å². The fraction of sp³-hybridized carbons (Fsp3) is 0.522. The van der Waals surface area contributed by atoms with Crippen molar-refractivity contribution in [2.45, 2.75) is 51.9 Å². The molecule has 35 heavy (non-hydrogen) atoms. The maximum atomic E-state index is 13.6. The Morgan fingerprint density at radius 1 is 1.06 bits per heavy atom. The highest BCUT2D eigenvalue weighted by Gasteiger charge is 2.31. The van der Waals surface area contributed by atoms with Crippen molar-refractivity contribution in [2.24, 2.45) is 0 Å². The molecular weight excluding hydrogens is 465 g/mol. The molecule has 0 aliphatic rings. The van der Waals surface area contributed by atoms with Gasteiger partial charge in [0.15, 0.2) is 17.0 Å². The third kappa shape index (κ3) is 7.18. The summed E-state index contributed by atoms with van der Waals surface area (Å²) in [4.78, 5) is 12.2. The number of halogens is 3. The van der Waals surface area contributed by atoms with Crippen molar-refractivity contribution in [1.82, 2.24) is 24.8 Å². The largest absolute Gasteiger partial charge is 0.480 e. The van der Waals surface area contributed by atoms with Gasteiger partial charge in [-0.3, -0.25) is 4.57 Å². The fourth-order valence-electron chi connectivity index (χ4n) is 3.63. The lowest BCUT2D eigenvalue weighted by molar-refractivity contribution is -0.137. The third-order valence-electron chi connectivity index (χ3n) is 5.36. The van der Waals surface area contributed by atoms with Gasteiger partial charge < -0.3 is 25.6 Å². The molecule has 0 spiro atoms. The first-order valence-electron chi connectivity index (χ1n) is 11.5. The Balaban J connectivity index is 1.87. The molecule has 0 amide bonds. The number of ether oxygens (including phenoxy) is 2. The van der Waals surface area contributed by atoms with Gasteiger partial charge in [0.1, 0.15) is 6.61 Å². The molecular formula is C23H31F3N6O3. The zero-order valence-electron chi connectivity index (χ0n) is 19.9. The molecule has 2 heterocycles. The lowest BCUT2D eigenvalue weighted by Crippen LogP contribution is -2.16. The molecule has 12 heteroatoms. The van der Waals surface area contributed by atoms with Gasteiger partial charge in [0, 0.05) is 13.7 Å². The minimum absolute atomic E-state index is 0.0199. The maximum absolute atomic E-state index is 13.6. The quantitative estimate of drug-likeness (QED) is 0.305. The number of aromatic nitrogens is 4. The SMILES string of the molecule is CCCCCCNCc1cc(Cn2c(O)nc3c(N)nc(OCCOC)nc32)cc(C(F)(F)F)c1. The smallest absolute Gasteiger partial charge is 0.416 e. The van der Waals surface area contributed by atoms with E-state index in [2.05, 4.69) is 27.2 Å². The van der Waals surface area contributed by atoms with Crippen molar-refractivity contribution >= 4 is 17.0 Å². The van der Waals surface area contributed by atoms with Crippen LogP contribution in [0.1, 0.15) is 49.3 Å². The number of nitrogens with one attached hydrogen (secondary N) is 1. The van der Waals surface area contributed by atoms with Crippen LogP contribution in [0.5, 0.6) is 12.0 Å². The number of benzene rings is 1. The van der Waals surface area contributed by atoms with E-state index in [4.69, 9.17) is 15.2 Å². The number of nitrogen functional groups attached to an aromatic ring is 1. The minimum atomic E-state index is -4.51. The van der Waals surface area contributed by atoms with Crippen LogP contribution in [0.4, 0.5) is 19.0 Å². The second kappa shape index (κ2) is 12.0. The Labute approximate surface area is 201 Å². The van der Waals surface area contributed by atoms with Gasteiger partial charge in [0.25, 0.3) is 6.01 Å². The Kier molecular flexibility index (Phi) is 9.10. The number of unbranched alkanes of at least 4 members (excludes halogenated alkanes) is 3. The summed E-state index contributed by atoms with van der Waals surface area (Å²) < 4.78 is 52.4. The fourth-order valence-corrected chi connectivity index (χ4v) is 3.63. The lowest BCUT2D eigenvalue weighted by atomic mass is 10.0. The molecule has 0 saturated heterocycles. The van der Waals surface area contributed by atoms with Crippen molar-refractivity contribution in [3.05, 3.63) is 34.9 Å². The van der Waals surface area contributed by atoms with Gasteiger partial charge in [0.2, 0.25) is 0 Å². The van der Waals surface area contributed by atoms with Gasteiger partial charge in [-0.05, 0) is 36.2 Å². The average molecular weight is 497 g/mol. The number of fused-ring (bicyclic) bond motifs is 1. The Bertz CT molecular complexity index is 1120. The number of nitrogens with zero attached hydrogens (tertiary/aromatic N) is 4. The van der Waals surface area contributed by atoms with E-state index in [0.717, 1.165) is 44.4 Å². The highest BCUT2D eigenvalue weighted by molar-refractivity contribution is 5.83. The number of hydrogen-bond donors (Lipinski definition) is 3. The molecule has 2 aromatic heterocycles. The number of nitrogens with two attached hydrogens (primary N) is 1. The molecule has 4 N–H and O–H groups in total. The van der Waals surface area contributed by atoms with Gasteiger partial charge in [-0.15, -0.1) is 0 Å². The topological polar surface area (TPSA) is 120 Å². The molecule has 192 valence electrons. The summed E-state index contributed by atoms with van der Waals surface area (Å²) in [7, 11) is 1.51. The van der Waals surface area contributed by atoms with Crippen molar-refractivity contribution in [2.75, 3.05) is 32.6 Å². The second-order valence-electron chi connectivity index (χ2n) is 8.18. The summed E-state index contributed by atoms with van der Waals surface area (Å²) in [5, 5.41) is 13.6. The van der Waals surface area contributed by atoms with Gasteiger partial charge in [-0.25, -0.2) is 0 Å². The van der Waals surface area contributed by atoms with E-state index in [1.165, 1.54) is 11.7 Å². The van der Waals surface area contributed by atoms with E-state index >= 15 is 0 Å². The molecule has 0 aliphatic heterocycles. The van der Waals surface area contributed by atoms with Crippen molar-refractivity contribution < 1.29 is 27.8 Å². The number of methoxy groups -OCH3 is 1. The molecule has 0 saturated carbocycles. The third-order valence-corrected chi connectivity index (χ3v) is 5.36. The standard InChI is InChI=1S/C23H31F3N6O3/c1-3-4-5-6-7-28-13-15-10-16(12-17(11-15)23(24,25)26)14-32-20-18(29-22(32)33)19(27)30-21(31-20)35-9-8-34-2/h10-12,28H,3-9,13-14H2,1-2H3,(H,29,33)(H2,27,30,31). The molecule has 0 atom stereocenters. The van der Waals surface area contributed by atoms with Crippen LogP contribution in [0.2, 0.25) is 0 Å². The normalized spacial score (nSPS) is 11.9. The number of alkyl halides is 3. The van der Waals surface area contributed by atoms with Crippen LogP contribution in [0.25, 0.3) is 11.2 Å². The Morgan fingerprint density at radius 2 is 1.83 bits per heavy atom. The number of aromatic hydroxyl groups is 1. The van der Waals surface area contributed by atoms with E-state index in [1.54, 1.807) is 6.07 Å². The first-order chi connectivity index (χ1) is 16.7. The lowest BCUT2D eigenvalue weighted by Gasteiger charge is -2.14. The van der Waals surface area contributed by atoms with Crippen LogP contribution >= 0.6 is 0 Å². The maximum Gasteiger partial charge on any atom is 0.416 e. The summed E-state index contributed by atoms with van der Waals surface area (Å²) in [5.41, 5.74) is 6.27. The highest BCUT2D eigenvalue weighted by Crippen LogP contribution is 2.32. The van der Waals surface area contributed by atoms with E-state index in [0.29, 0.717) is 24.3 Å². The summed E-state index contributed by atoms with van der Waals surface area (Å²) in [6.07, 6.45) is -0.230. The first-order valence-corrected chi connectivity index (χ1v) is 11.5. The Morgan fingerprint density at radius 3 is 2.54 bits per heavy atom. The van der Waals surface area contributed by atoms with Gasteiger partial charge in [0.05, 0.1) is 18.7 Å². The molecule has 0 unspecified atom stereocenters. The van der Waals surface area contributed by atoms with Crippen LogP contribution in [0.15, 0.2) is 18.2 Å². The molecule has 0 aliphatic carbocycles. The molecule has 0 fully saturated rings. The highest BCUT2D eigenvalue weighted by atomic mass is 19.4. The molecule has 3 rings (SSSR count). The van der Waals surface area contributed by atoms with Crippen LogP contribution in [0, 0.1) is 0 Å². The second-order valence-corrected chi connectivity index (χ2v) is 8.18. The number of hydrogen-bond acceptors (Lipinski definition) is 8. The average Bonchev–Trinajstić information content (AvgIpc) is 3.11. The summed E-state index contributed by atoms with van der Waals surface area (Å²) in [5.74, 6) is -0.0199. The van der Waals surface area contributed by atoms with Gasteiger partial charge in [-0.1, -0.05) is 32.3 Å². The van der Waals surface area contributed by atoms with E-state index in [1.807, 2.05) is 0 Å². The van der Waals surface area contributed by atoms with Crippen molar-refractivity contribution in [3.63, 3.8) is 0 Å². The monoisotopic (exact) mass is 496 g/mol. The van der Waals surface area contributed by atoms with Crippen LogP contribution in [-0.4, -0.2) is 51.5 Å².